The molecule has 0 aromatic carbocycles. The lowest BCUT2D eigenvalue weighted by atomic mass is 10.3. The number of carboxylic acid groups (broad SMARTS) is 1. The van der Waals surface area contributed by atoms with Crippen molar-refractivity contribution in [2.75, 3.05) is 5.32 Å². The van der Waals surface area contributed by atoms with Gasteiger partial charge in [0, 0.05) is 12.3 Å². The van der Waals surface area contributed by atoms with E-state index in [1.807, 2.05) is 0 Å². The molecule has 0 aliphatic heterocycles. The number of rotatable bonds is 4. The maximum atomic E-state index is 12.3. The van der Waals surface area contributed by atoms with E-state index < -0.39 is 24.6 Å². The van der Waals surface area contributed by atoms with Gasteiger partial charge >= 0.3 is 12.1 Å². The average Bonchev–Trinajstić information content (AvgIpc) is 2.95. The molecule has 3 N–H and O–H groups in total. The van der Waals surface area contributed by atoms with Crippen LogP contribution >= 0.6 is 0 Å². The maximum absolute atomic E-state index is 12.3. The fourth-order valence-corrected chi connectivity index (χ4v) is 1.63. The Kier molecular flexibility index (Phi) is 3.70. The van der Waals surface area contributed by atoms with Gasteiger partial charge in [-0.1, -0.05) is 0 Å². The number of alkyl halides is 3. The molecule has 0 saturated heterocycles. The van der Waals surface area contributed by atoms with Gasteiger partial charge in [-0.15, -0.1) is 0 Å². The monoisotopic (exact) mass is 302 g/mol. The molecule has 0 spiro atoms. The second-order valence-corrected chi connectivity index (χ2v) is 4.06. The van der Waals surface area contributed by atoms with Gasteiger partial charge in [0.2, 0.25) is 0 Å². The first kappa shape index (κ1) is 14.6. The molecule has 21 heavy (non-hydrogen) atoms. The van der Waals surface area contributed by atoms with E-state index >= 15 is 0 Å². The van der Waals surface area contributed by atoms with Gasteiger partial charge in [0.25, 0.3) is 5.91 Å². The molecule has 0 unspecified atom stereocenters. The molecule has 2 heterocycles. The molecule has 2 aromatic heterocycles. The van der Waals surface area contributed by atoms with Gasteiger partial charge in [-0.25, -0.2) is 4.79 Å². The lowest BCUT2D eigenvalue weighted by Crippen LogP contribution is -2.23. The van der Waals surface area contributed by atoms with Crippen LogP contribution in [0, 0.1) is 0 Å². The van der Waals surface area contributed by atoms with Gasteiger partial charge in [0.15, 0.2) is 5.82 Å². The van der Waals surface area contributed by atoms with Crippen LogP contribution in [0.1, 0.15) is 21.0 Å². The number of hydrogen-bond donors (Lipinski definition) is 3. The topological polar surface area (TPSA) is 100 Å². The molecule has 112 valence electrons. The summed E-state index contributed by atoms with van der Waals surface area (Å²) in [7, 11) is 0. The molecule has 2 aromatic rings. The Hall–Kier alpha value is -2.78. The van der Waals surface area contributed by atoms with E-state index in [0.717, 1.165) is 16.8 Å². The number of aromatic nitrogens is 3. The molecular weight excluding hydrogens is 293 g/mol. The molecule has 0 radical (unpaired) electrons. The Morgan fingerprint density at radius 1 is 1.43 bits per heavy atom. The highest BCUT2D eigenvalue weighted by Crippen LogP contribution is 2.19. The summed E-state index contributed by atoms with van der Waals surface area (Å²) in [5.74, 6) is -2.20. The normalized spacial score (nSPS) is 11.4. The van der Waals surface area contributed by atoms with Gasteiger partial charge in [-0.2, -0.15) is 18.3 Å². The number of aromatic carboxylic acids is 1. The number of nitrogens with zero attached hydrogens (tertiary/aromatic N) is 2. The van der Waals surface area contributed by atoms with Gasteiger partial charge < -0.3 is 15.0 Å². The van der Waals surface area contributed by atoms with Gasteiger partial charge in [0.05, 0.1) is 0 Å². The van der Waals surface area contributed by atoms with E-state index in [1.165, 1.54) is 12.1 Å². The Labute approximate surface area is 115 Å². The average molecular weight is 302 g/mol. The van der Waals surface area contributed by atoms with Crippen molar-refractivity contribution in [3.05, 3.63) is 35.8 Å². The minimum Gasteiger partial charge on any atom is -0.477 e. The largest absolute Gasteiger partial charge is 0.477 e. The number of carbonyl (C=O) groups excluding carboxylic acids is 1. The van der Waals surface area contributed by atoms with Gasteiger partial charge in [-0.3, -0.25) is 9.89 Å². The summed E-state index contributed by atoms with van der Waals surface area (Å²) in [5.41, 5.74) is -0.469. The van der Waals surface area contributed by atoms with Crippen molar-refractivity contribution in [3.8, 4) is 0 Å². The Morgan fingerprint density at radius 2 is 2.14 bits per heavy atom. The number of hydrogen-bond acceptors (Lipinski definition) is 3. The number of halogens is 3. The number of amides is 1. The number of anilines is 1. The fraction of sp³-hybridized carbons (Fsp3) is 0.182. The van der Waals surface area contributed by atoms with Crippen LogP contribution < -0.4 is 5.32 Å². The number of aromatic amines is 1. The molecule has 1 amide bonds. The van der Waals surface area contributed by atoms with Gasteiger partial charge in [-0.05, 0) is 12.1 Å². The molecular formula is C11H9F3N4O3. The number of H-pyrrole nitrogens is 1. The Bertz CT molecular complexity index is 674. The summed E-state index contributed by atoms with van der Waals surface area (Å²) < 4.78 is 37.8. The predicted octanol–water partition coefficient (Wildman–Crippen LogP) is 1.72. The van der Waals surface area contributed by atoms with E-state index in [-0.39, 0.29) is 17.2 Å². The zero-order chi connectivity index (χ0) is 15.6. The van der Waals surface area contributed by atoms with Crippen LogP contribution in [0.25, 0.3) is 0 Å². The smallest absolute Gasteiger partial charge is 0.406 e. The lowest BCUT2D eigenvalue weighted by molar-refractivity contribution is -0.140. The molecule has 0 bridgehead atoms. The molecule has 2 rings (SSSR count). The van der Waals surface area contributed by atoms with Crippen LogP contribution in [0.4, 0.5) is 19.0 Å². The standard InChI is InChI=1S/C11H9F3N4O3/c12-11(13,14)5-18-3-1-2-7(18)9(19)15-8-4-6(10(20)21)16-17-8/h1-4H,5H2,(H,20,21)(H2,15,16,17,19). The number of nitrogens with one attached hydrogen (secondary N) is 2. The molecule has 0 saturated carbocycles. The van der Waals surface area contributed by atoms with Crippen molar-refractivity contribution >= 4 is 17.7 Å². The first-order valence-electron chi connectivity index (χ1n) is 5.58. The summed E-state index contributed by atoms with van der Waals surface area (Å²) in [6, 6.07) is 3.57. The molecule has 10 heteroatoms. The van der Waals surface area contributed by atoms with Crippen molar-refractivity contribution in [2.24, 2.45) is 0 Å². The summed E-state index contributed by atoms with van der Waals surface area (Å²) in [4.78, 5) is 22.5. The third-order valence-electron chi connectivity index (χ3n) is 2.46. The zero-order valence-electron chi connectivity index (χ0n) is 10.3. The van der Waals surface area contributed by atoms with E-state index in [9.17, 15) is 22.8 Å². The van der Waals surface area contributed by atoms with Crippen molar-refractivity contribution in [1.29, 1.82) is 0 Å². The molecule has 0 aliphatic rings. The highest BCUT2D eigenvalue weighted by Gasteiger charge is 2.29. The molecule has 0 fully saturated rings. The van der Waals surface area contributed by atoms with Crippen LogP contribution in [0.5, 0.6) is 0 Å². The maximum Gasteiger partial charge on any atom is 0.406 e. The van der Waals surface area contributed by atoms with E-state index in [4.69, 9.17) is 5.11 Å². The van der Waals surface area contributed by atoms with E-state index in [1.54, 1.807) is 0 Å². The molecule has 0 aliphatic carbocycles. The van der Waals surface area contributed by atoms with E-state index in [0.29, 0.717) is 0 Å². The lowest BCUT2D eigenvalue weighted by Gasteiger charge is -2.11. The summed E-state index contributed by atoms with van der Waals surface area (Å²) in [6.07, 6.45) is -3.34. The van der Waals surface area contributed by atoms with Crippen LogP contribution in [0.2, 0.25) is 0 Å². The molecule has 7 nitrogen and oxygen atoms in total. The minimum atomic E-state index is -4.46. The summed E-state index contributed by atoms with van der Waals surface area (Å²) in [5, 5.41) is 16.6. The second-order valence-electron chi connectivity index (χ2n) is 4.06. The van der Waals surface area contributed by atoms with Crippen LogP contribution in [0.15, 0.2) is 24.4 Å². The van der Waals surface area contributed by atoms with Crippen molar-refractivity contribution < 1.29 is 27.9 Å². The minimum absolute atomic E-state index is 0.0999. The summed E-state index contributed by atoms with van der Waals surface area (Å²) >= 11 is 0. The first-order valence-corrected chi connectivity index (χ1v) is 5.58. The number of carboxylic acids is 1. The van der Waals surface area contributed by atoms with Crippen molar-refractivity contribution in [3.63, 3.8) is 0 Å². The fourth-order valence-electron chi connectivity index (χ4n) is 1.63. The Balaban J connectivity index is 2.13. The van der Waals surface area contributed by atoms with Gasteiger partial charge in [0.1, 0.15) is 17.9 Å². The second kappa shape index (κ2) is 5.31. The van der Waals surface area contributed by atoms with E-state index in [2.05, 4.69) is 15.5 Å². The number of carbonyl (C=O) groups is 2. The summed E-state index contributed by atoms with van der Waals surface area (Å²) in [6.45, 7) is -1.30. The van der Waals surface area contributed by atoms with Crippen LogP contribution in [0.3, 0.4) is 0 Å². The zero-order valence-corrected chi connectivity index (χ0v) is 10.3. The third kappa shape index (κ3) is 3.61. The van der Waals surface area contributed by atoms with Crippen LogP contribution in [-0.2, 0) is 6.54 Å². The third-order valence-corrected chi connectivity index (χ3v) is 2.46. The Morgan fingerprint density at radius 3 is 2.71 bits per heavy atom. The quantitative estimate of drug-likeness (QED) is 0.800. The molecule has 0 atom stereocenters. The SMILES string of the molecule is O=C(O)c1cc(NC(=O)c2cccn2CC(F)(F)F)n[nH]1. The van der Waals surface area contributed by atoms with Crippen molar-refractivity contribution in [2.45, 2.75) is 12.7 Å². The predicted molar refractivity (Wildman–Crippen MR) is 64.0 cm³/mol. The van der Waals surface area contributed by atoms with Crippen LogP contribution in [-0.4, -0.2) is 37.9 Å². The highest BCUT2D eigenvalue weighted by atomic mass is 19.4. The van der Waals surface area contributed by atoms with Crippen molar-refractivity contribution in [1.82, 2.24) is 14.8 Å². The first-order chi connectivity index (χ1) is 9.76. The highest BCUT2D eigenvalue weighted by molar-refractivity contribution is 6.03.